The minimum Gasteiger partial charge on any atom is -0.396 e. The highest BCUT2D eigenvalue weighted by molar-refractivity contribution is 7.99. The number of benzene rings is 1. The minimum absolute atomic E-state index is 0.179. The van der Waals surface area contributed by atoms with Gasteiger partial charge in [0.05, 0.1) is 5.69 Å². The summed E-state index contributed by atoms with van der Waals surface area (Å²) in [5.41, 5.74) is 4.88. The van der Waals surface area contributed by atoms with Crippen molar-refractivity contribution in [1.29, 1.82) is 0 Å². The number of hydrogen-bond acceptors (Lipinski definition) is 4. The van der Waals surface area contributed by atoms with E-state index in [1.54, 1.807) is 11.8 Å². The minimum atomic E-state index is 0.179. The van der Waals surface area contributed by atoms with Gasteiger partial charge in [0.2, 0.25) is 0 Å². The summed E-state index contributed by atoms with van der Waals surface area (Å²) in [7, 11) is 0. The van der Waals surface area contributed by atoms with Crippen molar-refractivity contribution in [1.82, 2.24) is 14.5 Å². The molecule has 0 spiro atoms. The lowest BCUT2D eigenvalue weighted by Gasteiger charge is -2.14. The Balaban J connectivity index is 2.06. The summed E-state index contributed by atoms with van der Waals surface area (Å²) in [6.07, 6.45) is 5.16. The number of aromatic nitrogens is 3. The fraction of sp³-hybridized carbons (Fsp3) is 0.391. The maximum atomic E-state index is 9.34. The van der Waals surface area contributed by atoms with E-state index in [-0.39, 0.29) is 6.61 Å². The molecule has 0 aliphatic rings. The van der Waals surface area contributed by atoms with Gasteiger partial charge in [-0.3, -0.25) is 4.98 Å². The topological polar surface area (TPSA) is 50.9 Å². The Labute approximate surface area is 172 Å². The second-order valence-corrected chi connectivity index (χ2v) is 8.63. The van der Waals surface area contributed by atoms with Crippen LogP contribution < -0.4 is 0 Å². The molecule has 2 aromatic heterocycles. The lowest BCUT2D eigenvalue weighted by molar-refractivity contribution is 0.287. The maximum absolute atomic E-state index is 9.34. The molecule has 0 amide bonds. The van der Waals surface area contributed by atoms with Crippen molar-refractivity contribution < 1.29 is 5.11 Å². The van der Waals surface area contributed by atoms with Crippen molar-refractivity contribution in [3.8, 4) is 0 Å². The molecule has 0 aliphatic heterocycles. The van der Waals surface area contributed by atoms with Gasteiger partial charge in [-0.25, -0.2) is 4.98 Å². The first-order valence-corrected chi connectivity index (χ1v) is 10.6. The van der Waals surface area contributed by atoms with Gasteiger partial charge in [0.1, 0.15) is 10.9 Å². The predicted octanol–water partition coefficient (Wildman–Crippen LogP) is 5.14. The monoisotopic (exact) mass is 395 g/mol. The summed E-state index contributed by atoms with van der Waals surface area (Å²) in [5, 5.41) is 10.5. The largest absolute Gasteiger partial charge is 0.396 e. The van der Waals surface area contributed by atoms with E-state index in [4.69, 9.17) is 4.98 Å². The third-order valence-electron chi connectivity index (χ3n) is 4.63. The Morgan fingerprint density at radius 3 is 2.36 bits per heavy atom. The molecule has 5 heteroatoms. The van der Waals surface area contributed by atoms with Crippen LogP contribution in [0.2, 0.25) is 0 Å². The number of hydrogen-bond donors (Lipinski definition) is 1. The first-order valence-electron chi connectivity index (χ1n) is 9.83. The Morgan fingerprint density at radius 2 is 1.75 bits per heavy atom. The molecule has 0 atom stereocenters. The Hall–Kier alpha value is -2.11. The van der Waals surface area contributed by atoms with Crippen molar-refractivity contribution in [2.75, 3.05) is 6.61 Å². The zero-order valence-corrected chi connectivity index (χ0v) is 18.0. The van der Waals surface area contributed by atoms with Crippen LogP contribution in [0, 0.1) is 13.8 Å². The smallest absolute Gasteiger partial charge is 0.110 e. The number of pyridine rings is 1. The van der Waals surface area contributed by atoms with Crippen molar-refractivity contribution in [3.63, 3.8) is 0 Å². The number of imidazole rings is 1. The van der Waals surface area contributed by atoms with Crippen LogP contribution in [0.25, 0.3) is 0 Å². The number of aryl methyl sites for hydroxylation is 3. The zero-order chi connectivity index (χ0) is 20.1. The summed E-state index contributed by atoms with van der Waals surface area (Å²) in [6.45, 7) is 9.61. The highest BCUT2D eigenvalue weighted by atomic mass is 32.2. The second kappa shape index (κ2) is 9.39. The van der Waals surface area contributed by atoms with Crippen LogP contribution in [-0.4, -0.2) is 26.2 Å². The van der Waals surface area contributed by atoms with E-state index in [0.29, 0.717) is 5.92 Å². The van der Waals surface area contributed by atoms with Crippen LogP contribution in [0.3, 0.4) is 0 Å². The lowest BCUT2D eigenvalue weighted by Crippen LogP contribution is -2.07. The number of nitrogens with zero attached hydrogens (tertiary/aromatic N) is 3. The summed E-state index contributed by atoms with van der Waals surface area (Å²) < 4.78 is 2.32. The van der Waals surface area contributed by atoms with Crippen LogP contribution in [-0.2, 0) is 13.0 Å². The van der Waals surface area contributed by atoms with E-state index in [0.717, 1.165) is 30.9 Å². The number of aliphatic hydroxyl groups excluding tert-OH is 1. The number of aliphatic hydroxyl groups is 1. The molecule has 2 heterocycles. The number of rotatable bonds is 8. The van der Waals surface area contributed by atoms with Crippen LogP contribution in [0.4, 0.5) is 0 Å². The van der Waals surface area contributed by atoms with Gasteiger partial charge in [-0.1, -0.05) is 31.7 Å². The Morgan fingerprint density at radius 1 is 1.07 bits per heavy atom. The van der Waals surface area contributed by atoms with Crippen LogP contribution in [0.1, 0.15) is 54.4 Å². The fourth-order valence-electron chi connectivity index (χ4n) is 3.35. The van der Waals surface area contributed by atoms with Crippen LogP contribution >= 0.6 is 11.8 Å². The standard InChI is InChI=1S/C23H29N3OS/c1-16(2)22-23(28-20-13-17(3)12-18(4)14-20)26(21(25-22)6-5-11-27)15-19-7-9-24-10-8-19/h7-10,12-14,16,27H,5-6,11,15H2,1-4H3. The van der Waals surface area contributed by atoms with Gasteiger partial charge in [-0.05, 0) is 67.1 Å². The van der Waals surface area contributed by atoms with E-state index in [1.165, 1.54) is 26.6 Å². The average Bonchev–Trinajstić information content (AvgIpc) is 2.97. The third kappa shape index (κ3) is 5.03. The van der Waals surface area contributed by atoms with Crippen molar-refractivity contribution in [3.05, 3.63) is 70.9 Å². The molecule has 0 fully saturated rings. The van der Waals surface area contributed by atoms with E-state index < -0.39 is 0 Å². The average molecular weight is 396 g/mol. The summed E-state index contributed by atoms with van der Waals surface area (Å²) in [6, 6.07) is 10.8. The summed E-state index contributed by atoms with van der Waals surface area (Å²) in [5.74, 6) is 1.38. The molecule has 148 valence electrons. The van der Waals surface area contributed by atoms with Gasteiger partial charge in [0.25, 0.3) is 0 Å². The van der Waals surface area contributed by atoms with Gasteiger partial charge in [-0.15, -0.1) is 0 Å². The summed E-state index contributed by atoms with van der Waals surface area (Å²) in [4.78, 5) is 10.4. The molecular weight excluding hydrogens is 366 g/mol. The highest BCUT2D eigenvalue weighted by Gasteiger charge is 2.20. The molecule has 0 saturated heterocycles. The molecule has 1 aromatic carbocycles. The Kier molecular flexibility index (Phi) is 6.92. The van der Waals surface area contributed by atoms with E-state index in [2.05, 4.69) is 67.6 Å². The molecule has 1 N–H and O–H groups in total. The molecule has 0 radical (unpaired) electrons. The lowest BCUT2D eigenvalue weighted by atomic mass is 10.1. The first kappa shape index (κ1) is 20.6. The molecular formula is C23H29N3OS. The quantitative estimate of drug-likeness (QED) is 0.573. The van der Waals surface area contributed by atoms with Gasteiger partial charge >= 0.3 is 0 Å². The van der Waals surface area contributed by atoms with Gasteiger partial charge in [0.15, 0.2) is 0 Å². The van der Waals surface area contributed by atoms with Gasteiger partial charge in [-0.2, -0.15) is 0 Å². The zero-order valence-electron chi connectivity index (χ0n) is 17.1. The normalized spacial score (nSPS) is 11.4. The summed E-state index contributed by atoms with van der Waals surface area (Å²) >= 11 is 1.79. The first-order chi connectivity index (χ1) is 13.5. The van der Waals surface area contributed by atoms with Gasteiger partial charge < -0.3 is 9.67 Å². The van der Waals surface area contributed by atoms with E-state index >= 15 is 0 Å². The van der Waals surface area contributed by atoms with Gasteiger partial charge in [0, 0.05) is 36.9 Å². The fourth-order valence-corrected chi connectivity index (χ4v) is 4.73. The van der Waals surface area contributed by atoms with E-state index in [9.17, 15) is 5.11 Å². The molecule has 3 aromatic rings. The maximum Gasteiger partial charge on any atom is 0.110 e. The highest BCUT2D eigenvalue weighted by Crippen LogP contribution is 2.36. The Bertz CT molecular complexity index is 899. The van der Waals surface area contributed by atoms with E-state index in [1.807, 2.05) is 12.4 Å². The SMILES string of the molecule is Cc1cc(C)cc(Sc2c(C(C)C)nc(CCCO)n2Cc2ccncc2)c1. The molecule has 4 nitrogen and oxygen atoms in total. The molecule has 3 rings (SSSR count). The van der Waals surface area contributed by atoms with Crippen LogP contribution in [0.15, 0.2) is 52.6 Å². The molecule has 0 bridgehead atoms. The molecule has 0 unspecified atom stereocenters. The predicted molar refractivity (Wildman–Crippen MR) is 115 cm³/mol. The van der Waals surface area contributed by atoms with Crippen molar-refractivity contribution in [2.45, 2.75) is 62.9 Å². The van der Waals surface area contributed by atoms with Crippen LogP contribution in [0.5, 0.6) is 0 Å². The van der Waals surface area contributed by atoms with Crippen molar-refractivity contribution in [2.24, 2.45) is 0 Å². The van der Waals surface area contributed by atoms with Crippen molar-refractivity contribution >= 4 is 11.8 Å². The second-order valence-electron chi connectivity index (χ2n) is 7.57. The third-order valence-corrected chi connectivity index (χ3v) is 5.72. The molecule has 0 saturated carbocycles. The molecule has 0 aliphatic carbocycles. The molecule has 28 heavy (non-hydrogen) atoms.